The van der Waals surface area contributed by atoms with Gasteiger partial charge in [-0.3, -0.25) is 0 Å². The summed E-state index contributed by atoms with van der Waals surface area (Å²) in [6, 6.07) is 17.4. The zero-order valence-electron chi connectivity index (χ0n) is 25.9. The minimum atomic E-state index is -1.46. The standard InChI is InChI=1S/C37H55FO3/c1-3-5-7-8-9-10-11-12-13-29-40-34-27-23-33(24-28-34)32-21-17-30(18-22-32)15-16-31-19-25-35(26-20-31)41-37(39)36(38)14-6-4-2/h17-18,21-24,27-28,31,35-36H,3-16,19-20,25-26,29H2,1-2H3/t31-,35-,36-/m0/s1. The monoisotopic (exact) mass is 566 g/mol. The van der Waals surface area contributed by atoms with Crippen LogP contribution in [-0.4, -0.2) is 24.9 Å². The SMILES string of the molecule is CCCCCCCCCCCOc1ccc(-c2ccc(CC[C@H]3CC[C@H](OC(=O)[C@@H](F)CCCC)CC3)cc2)cc1. The Morgan fingerprint density at radius 2 is 1.32 bits per heavy atom. The summed E-state index contributed by atoms with van der Waals surface area (Å²) < 4.78 is 25.3. The Morgan fingerprint density at radius 3 is 1.93 bits per heavy atom. The van der Waals surface area contributed by atoms with E-state index in [1.807, 2.05) is 6.92 Å². The number of esters is 1. The third-order valence-corrected chi connectivity index (χ3v) is 8.64. The lowest BCUT2D eigenvalue weighted by Gasteiger charge is -2.28. The van der Waals surface area contributed by atoms with Crippen LogP contribution in [0.3, 0.4) is 0 Å². The fourth-order valence-electron chi connectivity index (χ4n) is 5.86. The number of hydrogen-bond acceptors (Lipinski definition) is 3. The van der Waals surface area contributed by atoms with Crippen molar-refractivity contribution in [2.45, 2.75) is 142 Å². The van der Waals surface area contributed by atoms with E-state index in [-0.39, 0.29) is 12.5 Å². The third kappa shape index (κ3) is 13.0. The van der Waals surface area contributed by atoms with Crippen molar-refractivity contribution in [2.75, 3.05) is 6.61 Å². The molecule has 2 aromatic carbocycles. The lowest BCUT2D eigenvalue weighted by molar-refractivity contribution is -0.157. The topological polar surface area (TPSA) is 35.5 Å². The van der Waals surface area contributed by atoms with Crippen molar-refractivity contribution in [3.05, 3.63) is 54.1 Å². The van der Waals surface area contributed by atoms with Crippen molar-refractivity contribution in [1.82, 2.24) is 0 Å². The van der Waals surface area contributed by atoms with E-state index in [0.717, 1.165) is 70.1 Å². The number of carbonyl (C=O) groups is 1. The highest BCUT2D eigenvalue weighted by Gasteiger charge is 2.27. The fraction of sp³-hybridized carbons (Fsp3) is 0.649. The molecule has 1 fully saturated rings. The summed E-state index contributed by atoms with van der Waals surface area (Å²) in [6.45, 7) is 5.07. The van der Waals surface area contributed by atoms with E-state index in [2.05, 4.69) is 55.5 Å². The largest absolute Gasteiger partial charge is 0.494 e. The maximum absolute atomic E-state index is 13.9. The van der Waals surface area contributed by atoms with Crippen LogP contribution in [0.5, 0.6) is 5.75 Å². The normalized spacial score (nSPS) is 17.7. The van der Waals surface area contributed by atoms with Crippen LogP contribution in [0.25, 0.3) is 11.1 Å². The first-order valence-electron chi connectivity index (χ1n) is 16.8. The van der Waals surface area contributed by atoms with Crippen LogP contribution >= 0.6 is 0 Å². The number of halogens is 1. The van der Waals surface area contributed by atoms with Crippen molar-refractivity contribution in [2.24, 2.45) is 5.92 Å². The minimum Gasteiger partial charge on any atom is -0.494 e. The highest BCUT2D eigenvalue weighted by Crippen LogP contribution is 2.31. The number of unbranched alkanes of at least 4 members (excludes halogenated alkanes) is 9. The Labute approximate surface area is 249 Å². The lowest BCUT2D eigenvalue weighted by Crippen LogP contribution is -2.29. The average molecular weight is 567 g/mol. The van der Waals surface area contributed by atoms with Gasteiger partial charge in [-0.15, -0.1) is 0 Å². The molecule has 0 bridgehead atoms. The van der Waals surface area contributed by atoms with Gasteiger partial charge in [-0.25, -0.2) is 9.18 Å². The zero-order valence-corrected chi connectivity index (χ0v) is 25.9. The van der Waals surface area contributed by atoms with Gasteiger partial charge in [0.15, 0.2) is 6.17 Å². The third-order valence-electron chi connectivity index (χ3n) is 8.64. The molecule has 0 N–H and O–H groups in total. The van der Waals surface area contributed by atoms with E-state index in [9.17, 15) is 9.18 Å². The fourth-order valence-corrected chi connectivity index (χ4v) is 5.86. The molecule has 0 spiro atoms. The smallest absolute Gasteiger partial charge is 0.340 e. The van der Waals surface area contributed by atoms with Crippen LogP contribution in [0.4, 0.5) is 4.39 Å². The van der Waals surface area contributed by atoms with Crippen molar-refractivity contribution >= 4 is 5.97 Å². The van der Waals surface area contributed by atoms with E-state index in [4.69, 9.17) is 9.47 Å². The number of hydrogen-bond donors (Lipinski definition) is 0. The van der Waals surface area contributed by atoms with Crippen molar-refractivity contribution in [1.29, 1.82) is 0 Å². The minimum absolute atomic E-state index is 0.107. The summed E-state index contributed by atoms with van der Waals surface area (Å²) in [5.74, 6) is 0.947. The second kappa shape index (κ2) is 19.7. The Bertz CT molecular complexity index is 947. The molecule has 4 heteroatoms. The van der Waals surface area contributed by atoms with E-state index < -0.39 is 12.1 Å². The molecule has 41 heavy (non-hydrogen) atoms. The Morgan fingerprint density at radius 1 is 0.756 bits per heavy atom. The molecular weight excluding hydrogens is 511 g/mol. The van der Waals surface area contributed by atoms with Gasteiger partial charge < -0.3 is 9.47 Å². The van der Waals surface area contributed by atoms with Gasteiger partial charge in [-0.1, -0.05) is 114 Å². The van der Waals surface area contributed by atoms with Crippen LogP contribution in [0.2, 0.25) is 0 Å². The molecule has 0 unspecified atom stereocenters. The van der Waals surface area contributed by atoms with E-state index in [1.54, 1.807) is 0 Å². The summed E-state index contributed by atoms with van der Waals surface area (Å²) in [4.78, 5) is 12.0. The molecule has 0 saturated heterocycles. The Balaban J connectivity index is 1.29. The molecule has 1 aliphatic carbocycles. The first kappa shape index (κ1) is 33.1. The molecular formula is C37H55FO3. The number of rotatable bonds is 20. The summed E-state index contributed by atoms with van der Waals surface area (Å²) >= 11 is 0. The first-order valence-corrected chi connectivity index (χ1v) is 16.8. The van der Waals surface area contributed by atoms with Crippen molar-refractivity contribution in [3.8, 4) is 16.9 Å². The van der Waals surface area contributed by atoms with Gasteiger partial charge >= 0.3 is 5.97 Å². The molecule has 0 amide bonds. The molecule has 0 aliphatic heterocycles. The van der Waals surface area contributed by atoms with E-state index in [1.165, 1.54) is 68.1 Å². The number of carbonyl (C=O) groups excluding carboxylic acids is 1. The van der Waals surface area contributed by atoms with E-state index in [0.29, 0.717) is 5.92 Å². The number of ether oxygens (including phenoxy) is 2. The molecule has 1 atom stereocenters. The Hall–Kier alpha value is -2.36. The van der Waals surface area contributed by atoms with E-state index >= 15 is 0 Å². The van der Waals surface area contributed by atoms with Gasteiger partial charge in [0, 0.05) is 0 Å². The second-order valence-electron chi connectivity index (χ2n) is 12.1. The van der Waals surface area contributed by atoms with Crippen LogP contribution in [0.1, 0.15) is 129 Å². The highest BCUT2D eigenvalue weighted by molar-refractivity contribution is 5.74. The van der Waals surface area contributed by atoms with Gasteiger partial charge in [0.05, 0.1) is 6.61 Å². The van der Waals surface area contributed by atoms with Gasteiger partial charge in [0.25, 0.3) is 0 Å². The highest BCUT2D eigenvalue weighted by atomic mass is 19.1. The van der Waals surface area contributed by atoms with Gasteiger partial charge in [0.2, 0.25) is 0 Å². The van der Waals surface area contributed by atoms with Crippen LogP contribution in [0.15, 0.2) is 48.5 Å². The molecule has 2 aromatic rings. The number of alkyl halides is 1. The predicted molar refractivity (Wildman–Crippen MR) is 169 cm³/mol. The van der Waals surface area contributed by atoms with Crippen molar-refractivity contribution < 1.29 is 18.7 Å². The quantitative estimate of drug-likeness (QED) is 0.118. The molecule has 228 valence electrons. The lowest BCUT2D eigenvalue weighted by atomic mass is 9.83. The maximum atomic E-state index is 13.9. The average Bonchev–Trinajstić information content (AvgIpc) is 3.01. The van der Waals surface area contributed by atoms with Gasteiger partial charge in [0.1, 0.15) is 11.9 Å². The van der Waals surface area contributed by atoms with Crippen molar-refractivity contribution in [3.63, 3.8) is 0 Å². The number of aryl methyl sites for hydroxylation is 1. The van der Waals surface area contributed by atoms with Gasteiger partial charge in [-0.2, -0.15) is 0 Å². The molecule has 0 radical (unpaired) electrons. The molecule has 3 rings (SSSR count). The summed E-state index contributed by atoms with van der Waals surface area (Å²) in [7, 11) is 0. The Kier molecular flexibility index (Phi) is 15.9. The second-order valence-corrected chi connectivity index (χ2v) is 12.1. The predicted octanol–water partition coefficient (Wildman–Crippen LogP) is 10.8. The molecule has 1 aliphatic rings. The zero-order chi connectivity index (χ0) is 29.1. The van der Waals surface area contributed by atoms with Crippen LogP contribution < -0.4 is 4.74 Å². The summed E-state index contributed by atoms with van der Waals surface area (Å²) in [6.07, 6.45) is 18.3. The van der Waals surface area contributed by atoms with Crippen LogP contribution in [0, 0.1) is 5.92 Å². The molecule has 0 heterocycles. The summed E-state index contributed by atoms with van der Waals surface area (Å²) in [5.41, 5.74) is 3.80. The molecule has 0 aromatic heterocycles. The van der Waals surface area contributed by atoms with Gasteiger partial charge in [-0.05, 0) is 86.1 Å². The molecule has 3 nitrogen and oxygen atoms in total. The molecule has 1 saturated carbocycles. The number of benzene rings is 2. The van der Waals surface area contributed by atoms with Crippen LogP contribution in [-0.2, 0) is 16.0 Å². The first-order chi connectivity index (χ1) is 20.1. The maximum Gasteiger partial charge on any atom is 0.340 e. The summed E-state index contributed by atoms with van der Waals surface area (Å²) in [5, 5.41) is 0.